The van der Waals surface area contributed by atoms with Crippen LogP contribution in [0.2, 0.25) is 0 Å². The lowest BCUT2D eigenvalue weighted by atomic mass is 10.0. The Kier molecular flexibility index (Phi) is 3.00. The first-order valence-electron chi connectivity index (χ1n) is 5.82. The van der Waals surface area contributed by atoms with Crippen LogP contribution in [0.4, 0.5) is 0 Å². The lowest BCUT2D eigenvalue weighted by molar-refractivity contribution is 0.686. The number of nitrogens with two attached hydrogens (primary N) is 1. The van der Waals surface area contributed by atoms with Gasteiger partial charge in [-0.25, -0.2) is 9.97 Å². The van der Waals surface area contributed by atoms with Gasteiger partial charge in [-0.05, 0) is 31.2 Å². The summed E-state index contributed by atoms with van der Waals surface area (Å²) < 4.78 is 0. The minimum Gasteiger partial charge on any atom is -0.325 e. The molecule has 1 atom stereocenters. The summed E-state index contributed by atoms with van der Waals surface area (Å²) in [6, 6.07) is 2.06. The second-order valence-corrected chi connectivity index (χ2v) is 4.43. The van der Waals surface area contributed by atoms with E-state index in [2.05, 4.69) is 29.9 Å². The van der Waals surface area contributed by atoms with Crippen molar-refractivity contribution in [2.24, 2.45) is 5.73 Å². The second-order valence-electron chi connectivity index (χ2n) is 4.43. The largest absolute Gasteiger partial charge is 0.325 e. The summed E-state index contributed by atoms with van der Waals surface area (Å²) in [5.74, 6) is 2.14. The Bertz CT molecular complexity index is 345. The predicted molar refractivity (Wildman–Crippen MR) is 60.6 cm³/mol. The zero-order chi connectivity index (χ0) is 10.8. The Hall–Kier alpha value is -0.960. The van der Waals surface area contributed by atoms with E-state index in [0.29, 0.717) is 18.4 Å². The summed E-state index contributed by atoms with van der Waals surface area (Å²) in [5, 5.41) is 0. The van der Waals surface area contributed by atoms with Crippen LogP contribution >= 0.6 is 0 Å². The van der Waals surface area contributed by atoms with Crippen molar-refractivity contribution in [2.45, 2.75) is 51.5 Å². The molecule has 0 aliphatic heterocycles. The molecule has 3 heteroatoms. The molecule has 0 saturated heterocycles. The molecule has 0 radical (unpaired) electrons. The number of nitrogens with zero attached hydrogens (tertiary/aromatic N) is 2. The molecular formula is C12H19N3. The molecule has 1 fully saturated rings. The van der Waals surface area contributed by atoms with Crippen molar-refractivity contribution in [1.29, 1.82) is 0 Å². The van der Waals surface area contributed by atoms with E-state index in [-0.39, 0.29) is 0 Å². The van der Waals surface area contributed by atoms with E-state index in [1.807, 2.05) is 0 Å². The van der Waals surface area contributed by atoms with Gasteiger partial charge in [-0.3, -0.25) is 0 Å². The van der Waals surface area contributed by atoms with Gasteiger partial charge in [0.2, 0.25) is 0 Å². The minimum atomic E-state index is 0.510. The summed E-state index contributed by atoms with van der Waals surface area (Å²) >= 11 is 0. The molecule has 1 aliphatic rings. The van der Waals surface area contributed by atoms with Gasteiger partial charge in [-0.1, -0.05) is 13.8 Å². The molecule has 15 heavy (non-hydrogen) atoms. The van der Waals surface area contributed by atoms with Crippen LogP contribution in [0.1, 0.15) is 62.2 Å². The topological polar surface area (TPSA) is 51.8 Å². The molecule has 0 bridgehead atoms. The summed E-state index contributed by atoms with van der Waals surface area (Å²) in [4.78, 5) is 9.14. The Morgan fingerprint density at radius 2 is 2.20 bits per heavy atom. The van der Waals surface area contributed by atoms with Crippen molar-refractivity contribution in [3.63, 3.8) is 0 Å². The first-order chi connectivity index (χ1) is 7.24. The van der Waals surface area contributed by atoms with Crippen LogP contribution in [0.15, 0.2) is 6.07 Å². The maximum absolute atomic E-state index is 5.66. The average molecular weight is 205 g/mol. The normalized spacial score (nSPS) is 17.8. The molecule has 1 aromatic heterocycles. The summed E-state index contributed by atoms with van der Waals surface area (Å²) in [5.41, 5.74) is 7.81. The van der Waals surface area contributed by atoms with Crippen molar-refractivity contribution >= 4 is 0 Å². The van der Waals surface area contributed by atoms with E-state index >= 15 is 0 Å². The van der Waals surface area contributed by atoms with E-state index in [1.165, 1.54) is 12.8 Å². The van der Waals surface area contributed by atoms with Crippen molar-refractivity contribution in [3.8, 4) is 0 Å². The van der Waals surface area contributed by atoms with Crippen molar-refractivity contribution in [1.82, 2.24) is 9.97 Å². The fraction of sp³-hybridized carbons (Fsp3) is 0.667. The quantitative estimate of drug-likeness (QED) is 0.820. The first-order valence-corrected chi connectivity index (χ1v) is 5.82. The Morgan fingerprint density at radius 3 is 2.73 bits per heavy atom. The van der Waals surface area contributed by atoms with Crippen molar-refractivity contribution in [2.75, 3.05) is 0 Å². The van der Waals surface area contributed by atoms with E-state index in [0.717, 1.165) is 23.6 Å². The Balaban J connectivity index is 2.32. The van der Waals surface area contributed by atoms with Crippen LogP contribution in [0.5, 0.6) is 0 Å². The molecule has 2 rings (SSSR count). The highest BCUT2D eigenvalue weighted by Crippen LogP contribution is 2.38. The van der Waals surface area contributed by atoms with Crippen LogP contribution in [-0.2, 0) is 6.54 Å². The SMILES string of the molecule is CC[C@@H](C)c1cc(CN)nc(C2CC2)n1. The van der Waals surface area contributed by atoms with Crippen LogP contribution < -0.4 is 5.73 Å². The third kappa shape index (κ3) is 2.34. The maximum atomic E-state index is 5.66. The van der Waals surface area contributed by atoms with Gasteiger partial charge in [-0.2, -0.15) is 0 Å². The highest BCUT2D eigenvalue weighted by molar-refractivity contribution is 5.18. The molecule has 1 heterocycles. The summed E-state index contributed by atoms with van der Waals surface area (Å²) in [6.45, 7) is 4.91. The van der Waals surface area contributed by atoms with Gasteiger partial charge < -0.3 is 5.73 Å². The van der Waals surface area contributed by atoms with Gasteiger partial charge >= 0.3 is 0 Å². The third-order valence-electron chi connectivity index (χ3n) is 3.09. The predicted octanol–water partition coefficient (Wildman–Crippen LogP) is 2.33. The number of rotatable bonds is 4. The molecule has 1 aliphatic carbocycles. The molecule has 0 spiro atoms. The lowest BCUT2D eigenvalue weighted by Crippen LogP contribution is -2.08. The zero-order valence-corrected chi connectivity index (χ0v) is 9.53. The first kappa shape index (κ1) is 10.6. The van der Waals surface area contributed by atoms with Crippen LogP contribution in [0, 0.1) is 0 Å². The van der Waals surface area contributed by atoms with Crippen molar-refractivity contribution < 1.29 is 0 Å². The molecule has 0 aromatic carbocycles. The number of hydrogen-bond donors (Lipinski definition) is 1. The third-order valence-corrected chi connectivity index (χ3v) is 3.09. The van der Waals surface area contributed by atoms with Crippen LogP contribution in [0.25, 0.3) is 0 Å². The highest BCUT2D eigenvalue weighted by Gasteiger charge is 2.27. The molecular weight excluding hydrogens is 186 g/mol. The summed E-state index contributed by atoms with van der Waals surface area (Å²) in [6.07, 6.45) is 3.60. The lowest BCUT2D eigenvalue weighted by Gasteiger charge is -2.11. The molecule has 1 aromatic rings. The molecule has 3 nitrogen and oxygen atoms in total. The Labute approximate surface area is 91.1 Å². The highest BCUT2D eigenvalue weighted by atomic mass is 14.9. The van der Waals surface area contributed by atoms with Crippen LogP contribution in [0.3, 0.4) is 0 Å². The molecule has 82 valence electrons. The summed E-state index contributed by atoms with van der Waals surface area (Å²) in [7, 11) is 0. The number of hydrogen-bond acceptors (Lipinski definition) is 3. The van der Waals surface area contributed by atoms with Gasteiger partial charge in [0.15, 0.2) is 0 Å². The monoisotopic (exact) mass is 205 g/mol. The Morgan fingerprint density at radius 1 is 1.47 bits per heavy atom. The zero-order valence-electron chi connectivity index (χ0n) is 9.53. The average Bonchev–Trinajstić information content (AvgIpc) is 3.11. The number of aromatic nitrogens is 2. The van der Waals surface area contributed by atoms with Crippen molar-refractivity contribution in [3.05, 3.63) is 23.3 Å². The molecule has 2 N–H and O–H groups in total. The van der Waals surface area contributed by atoms with Gasteiger partial charge in [0, 0.05) is 18.2 Å². The molecule has 0 unspecified atom stereocenters. The van der Waals surface area contributed by atoms with Gasteiger partial charge in [0.05, 0.1) is 5.69 Å². The fourth-order valence-electron chi connectivity index (χ4n) is 1.63. The van der Waals surface area contributed by atoms with Gasteiger partial charge in [0.25, 0.3) is 0 Å². The van der Waals surface area contributed by atoms with Crippen LogP contribution in [-0.4, -0.2) is 9.97 Å². The standard InChI is InChI=1S/C12H19N3/c1-3-8(2)11-6-10(7-13)14-12(15-11)9-4-5-9/h6,8-9H,3-5,7,13H2,1-2H3/t8-/m1/s1. The minimum absolute atomic E-state index is 0.510. The van der Waals surface area contributed by atoms with E-state index in [1.54, 1.807) is 0 Å². The van der Waals surface area contributed by atoms with E-state index in [9.17, 15) is 0 Å². The molecule has 1 saturated carbocycles. The van der Waals surface area contributed by atoms with E-state index in [4.69, 9.17) is 5.73 Å². The van der Waals surface area contributed by atoms with Gasteiger partial charge in [-0.15, -0.1) is 0 Å². The van der Waals surface area contributed by atoms with E-state index < -0.39 is 0 Å². The maximum Gasteiger partial charge on any atom is 0.132 e. The van der Waals surface area contributed by atoms with Gasteiger partial charge in [0.1, 0.15) is 5.82 Å². The smallest absolute Gasteiger partial charge is 0.132 e. The second kappa shape index (κ2) is 4.27. The molecule has 0 amide bonds. The fourth-order valence-corrected chi connectivity index (χ4v) is 1.63.